The lowest BCUT2D eigenvalue weighted by atomic mass is 9.33. The summed E-state index contributed by atoms with van der Waals surface area (Å²) in [6.07, 6.45) is 10.1. The Morgan fingerprint density at radius 3 is 2.19 bits per heavy atom. The summed E-state index contributed by atoms with van der Waals surface area (Å²) in [7, 11) is 0. The second-order valence-electron chi connectivity index (χ2n) is 15.6. The number of esters is 1. The number of carboxylic acid groups (broad SMARTS) is 1. The van der Waals surface area contributed by atoms with Gasteiger partial charge in [-0.3, -0.25) is 14.4 Å². The Hall–Kier alpha value is -1.65. The molecule has 0 aromatic carbocycles. The number of carbonyl (C=O) groups is 3. The SMILES string of the molecule is CC(=O)O[C@@H]1CC[C@@]2(C)C(CC[C@]3(C)C2C(=O)C=C2[C@@H]4CC(C)(C)CC[C@]4(C)CC[C@]23C)[C@@]1(C)C(=O)O. The van der Waals surface area contributed by atoms with Crippen LogP contribution in [0.2, 0.25) is 0 Å². The molecule has 1 N–H and O–H groups in total. The average molecular weight is 513 g/mol. The van der Waals surface area contributed by atoms with E-state index in [2.05, 4.69) is 47.6 Å². The third-order valence-electron chi connectivity index (χ3n) is 13.2. The quantitative estimate of drug-likeness (QED) is 0.404. The van der Waals surface area contributed by atoms with Gasteiger partial charge in [0.25, 0.3) is 0 Å². The number of carboxylic acids is 1. The van der Waals surface area contributed by atoms with E-state index in [1.807, 2.05) is 0 Å². The van der Waals surface area contributed by atoms with Crippen LogP contribution in [0.5, 0.6) is 0 Å². The highest BCUT2D eigenvalue weighted by Gasteiger charge is 2.72. The number of carbonyl (C=O) groups excluding carboxylic acids is 2. The molecule has 0 radical (unpaired) electrons. The van der Waals surface area contributed by atoms with Crippen molar-refractivity contribution in [2.75, 3.05) is 0 Å². The van der Waals surface area contributed by atoms with E-state index in [1.54, 1.807) is 6.92 Å². The van der Waals surface area contributed by atoms with Crippen LogP contribution in [0.15, 0.2) is 11.6 Å². The van der Waals surface area contributed by atoms with E-state index in [9.17, 15) is 19.5 Å². The van der Waals surface area contributed by atoms with Gasteiger partial charge in [-0.25, -0.2) is 0 Å². The molecule has 206 valence electrons. The van der Waals surface area contributed by atoms with Gasteiger partial charge in [0.2, 0.25) is 0 Å². The zero-order valence-electron chi connectivity index (χ0n) is 24.3. The molecule has 9 atom stereocenters. The second kappa shape index (κ2) is 7.94. The van der Waals surface area contributed by atoms with E-state index in [1.165, 1.54) is 31.8 Å². The van der Waals surface area contributed by atoms with Crippen LogP contribution in [0.4, 0.5) is 0 Å². The fourth-order valence-electron chi connectivity index (χ4n) is 10.7. The minimum absolute atomic E-state index is 0.0660. The molecule has 5 aliphatic rings. The summed E-state index contributed by atoms with van der Waals surface area (Å²) in [6, 6.07) is 0. The molecule has 37 heavy (non-hydrogen) atoms. The molecule has 5 heteroatoms. The highest BCUT2D eigenvalue weighted by molar-refractivity contribution is 5.96. The maximum atomic E-state index is 14.4. The molecule has 0 amide bonds. The minimum atomic E-state index is -1.20. The molecule has 0 saturated heterocycles. The van der Waals surface area contributed by atoms with Crippen molar-refractivity contribution in [2.24, 2.45) is 50.2 Å². The van der Waals surface area contributed by atoms with Crippen molar-refractivity contribution in [3.8, 4) is 0 Å². The summed E-state index contributed by atoms with van der Waals surface area (Å²) in [5, 5.41) is 10.5. The Kier molecular flexibility index (Phi) is 5.78. The summed E-state index contributed by atoms with van der Waals surface area (Å²) >= 11 is 0. The Morgan fingerprint density at radius 1 is 0.919 bits per heavy atom. The zero-order valence-corrected chi connectivity index (χ0v) is 24.3. The Balaban J connectivity index is 1.61. The summed E-state index contributed by atoms with van der Waals surface area (Å²) in [5.41, 5.74) is 0.00500. The molecule has 0 aromatic heterocycles. The largest absolute Gasteiger partial charge is 0.481 e. The number of hydrogen-bond acceptors (Lipinski definition) is 4. The maximum absolute atomic E-state index is 14.4. The van der Waals surface area contributed by atoms with Crippen LogP contribution < -0.4 is 0 Å². The number of fused-ring (bicyclic) bond motifs is 7. The van der Waals surface area contributed by atoms with Crippen LogP contribution in [0, 0.1) is 50.2 Å². The minimum Gasteiger partial charge on any atom is -0.481 e. The lowest BCUT2D eigenvalue weighted by Gasteiger charge is -2.70. The lowest BCUT2D eigenvalue weighted by molar-refractivity contribution is -0.220. The number of allylic oxidation sites excluding steroid dienone is 2. The van der Waals surface area contributed by atoms with Gasteiger partial charge in [0, 0.05) is 12.8 Å². The fraction of sp³-hybridized carbons (Fsp3) is 0.844. The number of rotatable bonds is 2. The molecule has 5 aliphatic carbocycles. The van der Waals surface area contributed by atoms with Crippen LogP contribution in [0.1, 0.15) is 113 Å². The first-order chi connectivity index (χ1) is 16.9. The Labute approximate surface area is 223 Å². The number of aliphatic carboxylic acids is 1. The molecule has 0 spiro atoms. The lowest BCUT2D eigenvalue weighted by Crippen LogP contribution is -2.68. The molecule has 0 aliphatic heterocycles. The van der Waals surface area contributed by atoms with Crippen molar-refractivity contribution in [3.05, 3.63) is 11.6 Å². The molecule has 4 saturated carbocycles. The van der Waals surface area contributed by atoms with E-state index in [0.717, 1.165) is 25.7 Å². The van der Waals surface area contributed by atoms with E-state index in [4.69, 9.17) is 4.74 Å². The van der Waals surface area contributed by atoms with Gasteiger partial charge >= 0.3 is 11.9 Å². The van der Waals surface area contributed by atoms with Crippen LogP contribution >= 0.6 is 0 Å². The Morgan fingerprint density at radius 2 is 1.57 bits per heavy atom. The molecule has 0 heterocycles. The number of hydrogen-bond donors (Lipinski definition) is 1. The third-order valence-corrected chi connectivity index (χ3v) is 13.2. The molecule has 4 fully saturated rings. The number of ketones is 1. The smallest absolute Gasteiger partial charge is 0.313 e. The van der Waals surface area contributed by atoms with Gasteiger partial charge in [-0.15, -0.1) is 0 Å². The van der Waals surface area contributed by atoms with Crippen LogP contribution in [-0.2, 0) is 19.1 Å². The second-order valence-corrected chi connectivity index (χ2v) is 15.6. The predicted octanol–water partition coefficient (Wildman–Crippen LogP) is 6.98. The van der Waals surface area contributed by atoms with Crippen molar-refractivity contribution < 1.29 is 24.2 Å². The van der Waals surface area contributed by atoms with Gasteiger partial charge in [-0.05, 0) is 110 Å². The third kappa shape index (κ3) is 3.43. The Bertz CT molecular complexity index is 1070. The maximum Gasteiger partial charge on any atom is 0.313 e. The molecule has 0 bridgehead atoms. The van der Waals surface area contributed by atoms with Crippen molar-refractivity contribution >= 4 is 17.7 Å². The summed E-state index contributed by atoms with van der Waals surface area (Å²) in [4.78, 5) is 39.1. The molecular weight excluding hydrogens is 464 g/mol. The predicted molar refractivity (Wildman–Crippen MR) is 143 cm³/mol. The zero-order chi connectivity index (χ0) is 27.4. The first-order valence-corrected chi connectivity index (χ1v) is 14.6. The summed E-state index contributed by atoms with van der Waals surface area (Å²) < 4.78 is 5.63. The van der Waals surface area contributed by atoms with E-state index < -0.39 is 28.9 Å². The molecule has 5 rings (SSSR count). The fourth-order valence-corrected chi connectivity index (χ4v) is 10.7. The first-order valence-electron chi connectivity index (χ1n) is 14.6. The monoisotopic (exact) mass is 512 g/mol. The van der Waals surface area contributed by atoms with Crippen LogP contribution in [0.25, 0.3) is 0 Å². The molecule has 5 nitrogen and oxygen atoms in total. The van der Waals surface area contributed by atoms with E-state index in [0.29, 0.717) is 18.8 Å². The van der Waals surface area contributed by atoms with E-state index >= 15 is 0 Å². The van der Waals surface area contributed by atoms with Crippen molar-refractivity contribution in [1.29, 1.82) is 0 Å². The van der Waals surface area contributed by atoms with E-state index in [-0.39, 0.29) is 39.3 Å². The molecular formula is C32H48O5. The van der Waals surface area contributed by atoms with Gasteiger partial charge in [0.1, 0.15) is 11.5 Å². The highest BCUT2D eigenvalue weighted by Crippen LogP contribution is 2.75. The first kappa shape index (κ1) is 26.9. The van der Waals surface area contributed by atoms with Gasteiger partial charge in [0.05, 0.1) is 0 Å². The van der Waals surface area contributed by atoms with Gasteiger partial charge in [0.15, 0.2) is 5.78 Å². The van der Waals surface area contributed by atoms with Crippen molar-refractivity contribution in [1.82, 2.24) is 0 Å². The van der Waals surface area contributed by atoms with Gasteiger partial charge in [-0.1, -0.05) is 47.1 Å². The highest BCUT2D eigenvalue weighted by atomic mass is 16.5. The van der Waals surface area contributed by atoms with Gasteiger partial charge in [-0.2, -0.15) is 0 Å². The number of ether oxygens (including phenoxy) is 1. The topological polar surface area (TPSA) is 80.7 Å². The average Bonchev–Trinajstić information content (AvgIpc) is 2.78. The van der Waals surface area contributed by atoms with Crippen LogP contribution in [-0.4, -0.2) is 28.9 Å². The standard InChI is InChI=1S/C32H48O5/c1-19(33)37-24-10-11-29(5)23(32(24,8)26(35)36)9-12-31(7)25(29)22(34)17-20-21-18-27(2,3)13-14-28(21,4)15-16-30(20,31)6/h17,21,23-25H,9-16,18H2,1-8H3,(H,35,36)/t21-,23?,24+,25?,28+,29-,30+,31+,32+/m0/s1. The summed E-state index contributed by atoms with van der Waals surface area (Å²) in [5.74, 6) is -1.14. The van der Waals surface area contributed by atoms with Crippen LogP contribution in [0.3, 0.4) is 0 Å². The normalized spacial score (nSPS) is 50.5. The van der Waals surface area contributed by atoms with Crippen molar-refractivity contribution in [2.45, 2.75) is 119 Å². The van der Waals surface area contributed by atoms with Crippen molar-refractivity contribution in [3.63, 3.8) is 0 Å². The summed E-state index contributed by atoms with van der Waals surface area (Å²) in [6.45, 7) is 17.3. The molecule has 2 unspecified atom stereocenters. The molecule has 0 aromatic rings. The van der Waals surface area contributed by atoms with Gasteiger partial charge < -0.3 is 9.84 Å².